The number of aliphatic imine (C=N–C) groups is 1. The summed E-state index contributed by atoms with van der Waals surface area (Å²) in [5, 5.41) is 8.76. The van der Waals surface area contributed by atoms with Gasteiger partial charge in [-0.15, -0.1) is 0 Å². The highest BCUT2D eigenvalue weighted by Gasteiger charge is 2.25. The van der Waals surface area contributed by atoms with Crippen LogP contribution in [-0.4, -0.2) is 62.8 Å². The monoisotopic (exact) mass is 569 g/mol. The number of likely N-dealkylation sites (tertiary alicyclic amines) is 1. The van der Waals surface area contributed by atoms with E-state index >= 15 is 0 Å². The molecule has 1 fully saturated rings. The van der Waals surface area contributed by atoms with E-state index in [1.54, 1.807) is 0 Å². The molecule has 0 atom stereocenters. The number of amides is 1. The first kappa shape index (κ1) is 27.2. The van der Waals surface area contributed by atoms with Crippen molar-refractivity contribution in [2.24, 2.45) is 10.9 Å². The van der Waals surface area contributed by atoms with Gasteiger partial charge in [0.15, 0.2) is 11.3 Å². The van der Waals surface area contributed by atoms with Crippen LogP contribution in [0.1, 0.15) is 30.5 Å². The number of piperidine rings is 1. The van der Waals surface area contributed by atoms with Crippen LogP contribution in [0.15, 0.2) is 89.6 Å². The average Bonchev–Trinajstić information content (AvgIpc) is 3.45. The molecule has 0 radical (unpaired) electrons. The Labute approximate surface area is 251 Å². The van der Waals surface area contributed by atoms with Crippen LogP contribution in [0.4, 0.5) is 0 Å². The summed E-state index contributed by atoms with van der Waals surface area (Å²) in [6, 6.07) is 23.3. The second-order valence-electron chi connectivity index (χ2n) is 11.6. The first-order valence-electron chi connectivity index (χ1n) is 15.1. The number of carbonyl (C=O) groups excluding carboxylic acids is 1. The van der Waals surface area contributed by atoms with Gasteiger partial charge in [-0.3, -0.25) is 14.7 Å². The van der Waals surface area contributed by atoms with Crippen LogP contribution >= 0.6 is 0 Å². The molecule has 7 rings (SSSR count). The largest absolute Gasteiger partial charge is 0.352 e. The van der Waals surface area contributed by atoms with Crippen molar-refractivity contribution in [3.05, 3.63) is 95.8 Å². The molecular formula is C35H35N7O. The summed E-state index contributed by atoms with van der Waals surface area (Å²) < 4.78 is 1.84. The van der Waals surface area contributed by atoms with E-state index < -0.39 is 0 Å². The summed E-state index contributed by atoms with van der Waals surface area (Å²) in [6.07, 6.45) is 8.46. The Morgan fingerprint density at radius 1 is 1.00 bits per heavy atom. The summed E-state index contributed by atoms with van der Waals surface area (Å²) in [5.41, 5.74) is 9.19. The minimum atomic E-state index is 0.0899. The smallest absolute Gasteiger partial charge is 0.223 e. The molecule has 3 aromatic heterocycles. The zero-order valence-corrected chi connectivity index (χ0v) is 24.4. The molecule has 8 nitrogen and oxygen atoms in total. The standard InChI is InChI=1S/C35H35N7O/c1-24-19-32-37-22-30-20-31(27-5-3-2-4-6-27)33(39-34(30)42(32)40-24)28-9-7-26(8-10-28)23-41-17-13-29(14-18-41)35(43)38-21-25-11-15-36-16-12-25/h2-11,15,19-20,22,29H,12-14,16-18,21,23H2,1H3,(H,38,43). The number of aryl methyl sites for hydroxylation is 1. The summed E-state index contributed by atoms with van der Waals surface area (Å²) >= 11 is 0. The normalized spacial score (nSPS) is 16.1. The molecule has 5 aromatic rings. The fourth-order valence-corrected chi connectivity index (χ4v) is 6.11. The van der Waals surface area contributed by atoms with Crippen molar-refractivity contribution in [3.8, 4) is 22.4 Å². The molecule has 0 aliphatic carbocycles. The van der Waals surface area contributed by atoms with Crippen molar-refractivity contribution in [2.45, 2.75) is 32.7 Å². The number of aromatic nitrogens is 4. The molecule has 1 amide bonds. The third kappa shape index (κ3) is 5.83. The number of nitrogens with one attached hydrogen (secondary N) is 1. The van der Waals surface area contributed by atoms with E-state index in [1.807, 2.05) is 42.1 Å². The predicted molar refractivity (Wildman–Crippen MR) is 171 cm³/mol. The van der Waals surface area contributed by atoms with E-state index in [0.717, 1.165) is 90.2 Å². The first-order chi connectivity index (χ1) is 21.1. The molecule has 2 aliphatic rings. The van der Waals surface area contributed by atoms with Crippen LogP contribution < -0.4 is 5.32 Å². The minimum absolute atomic E-state index is 0.0899. The van der Waals surface area contributed by atoms with Crippen molar-refractivity contribution >= 4 is 28.8 Å². The SMILES string of the molecule is Cc1cc2ncc3cc(-c4ccccc4)c(-c4ccc(CN5CCC(C(=O)NCC6=CC=NCC6)CC5)cc4)nc3n2n1. The summed E-state index contributed by atoms with van der Waals surface area (Å²) in [5.74, 6) is 0.273. The van der Waals surface area contributed by atoms with Crippen LogP contribution in [0.2, 0.25) is 0 Å². The third-order valence-corrected chi connectivity index (χ3v) is 8.52. The first-order valence-corrected chi connectivity index (χ1v) is 15.1. The molecule has 0 unspecified atom stereocenters. The summed E-state index contributed by atoms with van der Waals surface area (Å²) in [7, 11) is 0. The van der Waals surface area contributed by atoms with E-state index in [9.17, 15) is 4.79 Å². The quantitative estimate of drug-likeness (QED) is 0.274. The van der Waals surface area contributed by atoms with Crippen molar-refractivity contribution in [3.63, 3.8) is 0 Å². The van der Waals surface area contributed by atoms with Gasteiger partial charge in [0.2, 0.25) is 5.91 Å². The third-order valence-electron chi connectivity index (χ3n) is 8.52. The van der Waals surface area contributed by atoms with Crippen molar-refractivity contribution in [1.29, 1.82) is 0 Å². The van der Waals surface area contributed by atoms with Crippen molar-refractivity contribution in [1.82, 2.24) is 29.8 Å². The molecule has 8 heteroatoms. The number of hydrogen-bond donors (Lipinski definition) is 1. The number of dihydropyridines is 1. The van der Waals surface area contributed by atoms with Crippen LogP contribution in [0, 0.1) is 12.8 Å². The Balaban J connectivity index is 1.07. The van der Waals surface area contributed by atoms with Gasteiger partial charge in [0.25, 0.3) is 0 Å². The van der Waals surface area contributed by atoms with E-state index in [1.165, 1.54) is 11.1 Å². The van der Waals surface area contributed by atoms with Crippen LogP contribution in [0.3, 0.4) is 0 Å². The maximum atomic E-state index is 12.8. The van der Waals surface area contributed by atoms with Crippen molar-refractivity contribution in [2.75, 3.05) is 26.2 Å². The summed E-state index contributed by atoms with van der Waals surface area (Å²) in [6.45, 7) is 6.15. The molecule has 2 aliphatic heterocycles. The highest BCUT2D eigenvalue weighted by atomic mass is 16.1. The second-order valence-corrected chi connectivity index (χ2v) is 11.6. The van der Waals surface area contributed by atoms with Crippen molar-refractivity contribution < 1.29 is 4.79 Å². The van der Waals surface area contributed by atoms with Gasteiger partial charge in [0.05, 0.1) is 11.4 Å². The Bertz CT molecular complexity index is 1830. The Hall–Kier alpha value is -4.69. The lowest BCUT2D eigenvalue weighted by Crippen LogP contribution is -2.40. The molecule has 2 aromatic carbocycles. The van der Waals surface area contributed by atoms with Gasteiger partial charge in [0, 0.05) is 60.5 Å². The van der Waals surface area contributed by atoms with Gasteiger partial charge in [-0.1, -0.05) is 54.6 Å². The highest BCUT2D eigenvalue weighted by Crippen LogP contribution is 2.34. The van der Waals surface area contributed by atoms with E-state index in [-0.39, 0.29) is 11.8 Å². The number of pyridine rings is 1. The van der Waals surface area contributed by atoms with Gasteiger partial charge in [-0.05, 0) is 68.1 Å². The van der Waals surface area contributed by atoms with Gasteiger partial charge < -0.3 is 5.32 Å². The zero-order chi connectivity index (χ0) is 29.2. The van der Waals surface area contributed by atoms with Crippen LogP contribution in [0.25, 0.3) is 39.1 Å². The molecule has 0 spiro atoms. The summed E-state index contributed by atoms with van der Waals surface area (Å²) in [4.78, 5) is 29.2. The van der Waals surface area contributed by atoms with Gasteiger partial charge in [-0.2, -0.15) is 9.61 Å². The maximum Gasteiger partial charge on any atom is 0.223 e. The topological polar surface area (TPSA) is 87.8 Å². The molecule has 216 valence electrons. The highest BCUT2D eigenvalue weighted by molar-refractivity contribution is 5.90. The predicted octanol–water partition coefficient (Wildman–Crippen LogP) is 5.65. The molecule has 1 saturated heterocycles. The van der Waals surface area contributed by atoms with Gasteiger partial charge in [0.1, 0.15) is 0 Å². The number of fused-ring (bicyclic) bond motifs is 3. The maximum absolute atomic E-state index is 12.8. The molecule has 0 saturated carbocycles. The fourth-order valence-electron chi connectivity index (χ4n) is 6.11. The number of nitrogens with zero attached hydrogens (tertiary/aromatic N) is 6. The van der Waals surface area contributed by atoms with E-state index in [2.05, 4.69) is 79.9 Å². The minimum Gasteiger partial charge on any atom is -0.352 e. The molecular weight excluding hydrogens is 534 g/mol. The van der Waals surface area contributed by atoms with Crippen LogP contribution in [-0.2, 0) is 11.3 Å². The second kappa shape index (κ2) is 11.9. The Morgan fingerprint density at radius 3 is 2.58 bits per heavy atom. The number of rotatable bonds is 7. The lowest BCUT2D eigenvalue weighted by Gasteiger charge is -2.31. The Morgan fingerprint density at radius 2 is 1.81 bits per heavy atom. The molecule has 0 bridgehead atoms. The molecule has 1 N–H and O–H groups in total. The van der Waals surface area contributed by atoms with E-state index in [4.69, 9.17) is 4.98 Å². The number of benzene rings is 2. The molecule has 5 heterocycles. The van der Waals surface area contributed by atoms with Gasteiger partial charge in [-0.25, -0.2) is 9.97 Å². The molecule has 43 heavy (non-hydrogen) atoms. The average molecular weight is 570 g/mol. The van der Waals surface area contributed by atoms with Crippen LogP contribution in [0.5, 0.6) is 0 Å². The number of allylic oxidation sites excluding steroid dienone is 1. The lowest BCUT2D eigenvalue weighted by molar-refractivity contribution is -0.126. The zero-order valence-electron chi connectivity index (χ0n) is 24.4. The Kier molecular flexibility index (Phi) is 7.51. The van der Waals surface area contributed by atoms with Gasteiger partial charge >= 0.3 is 0 Å². The number of hydrogen-bond acceptors (Lipinski definition) is 6. The fraction of sp³-hybridized carbons (Fsp3) is 0.286. The number of carbonyl (C=O) groups is 1. The van der Waals surface area contributed by atoms with E-state index in [0.29, 0.717) is 6.54 Å². The lowest BCUT2D eigenvalue weighted by atomic mass is 9.95.